The fraction of sp³-hybridized carbons (Fsp3) is 0.190. The first-order valence-electron chi connectivity index (χ1n) is 8.58. The van der Waals surface area contributed by atoms with E-state index in [-0.39, 0.29) is 0 Å². The van der Waals surface area contributed by atoms with E-state index in [0.717, 1.165) is 36.3 Å². The molecule has 1 aliphatic carbocycles. The molecule has 1 aromatic carbocycles. The number of fused-ring (bicyclic) bond motifs is 1. The zero-order valence-electron chi connectivity index (χ0n) is 15.1. The lowest BCUT2D eigenvalue weighted by molar-refractivity contribution is -0.134. The highest BCUT2D eigenvalue weighted by molar-refractivity contribution is 5.89. The van der Waals surface area contributed by atoms with Gasteiger partial charge in [-0.25, -0.2) is 9.59 Å². The van der Waals surface area contributed by atoms with Gasteiger partial charge in [0.1, 0.15) is 0 Å². The van der Waals surface area contributed by atoms with E-state index < -0.39 is 11.9 Å². The minimum atomic E-state index is -1.26. The fourth-order valence-corrected chi connectivity index (χ4v) is 2.73. The number of nitrogen functional groups attached to an aromatic ring is 1. The Hall–Kier alpha value is -3.41. The molecule has 0 saturated heterocycles. The quantitative estimate of drug-likeness (QED) is 0.715. The lowest BCUT2D eigenvalue weighted by Gasteiger charge is -2.16. The van der Waals surface area contributed by atoms with Crippen molar-refractivity contribution in [2.45, 2.75) is 26.2 Å². The number of aliphatic carboxylic acids is 2. The molecular formula is C21H22N2O4. The van der Waals surface area contributed by atoms with Crippen LogP contribution in [0, 0.1) is 0 Å². The van der Waals surface area contributed by atoms with Crippen molar-refractivity contribution < 1.29 is 19.8 Å². The van der Waals surface area contributed by atoms with Crippen molar-refractivity contribution in [2.24, 2.45) is 0 Å². The number of nitrogens with two attached hydrogens (primary N) is 1. The number of aromatic nitrogens is 1. The number of hydrogen-bond acceptors (Lipinski definition) is 4. The Labute approximate surface area is 157 Å². The van der Waals surface area contributed by atoms with Crippen molar-refractivity contribution in [3.63, 3.8) is 0 Å². The summed E-state index contributed by atoms with van der Waals surface area (Å²) >= 11 is 0. The Morgan fingerprint density at radius 2 is 1.78 bits per heavy atom. The summed E-state index contributed by atoms with van der Waals surface area (Å²) in [6, 6.07) is 12.5. The second-order valence-corrected chi connectivity index (χ2v) is 6.01. The van der Waals surface area contributed by atoms with Crippen LogP contribution in [0.3, 0.4) is 0 Å². The van der Waals surface area contributed by atoms with Crippen molar-refractivity contribution in [3.05, 3.63) is 71.1 Å². The van der Waals surface area contributed by atoms with Crippen LogP contribution >= 0.6 is 0 Å². The number of anilines is 1. The maximum absolute atomic E-state index is 9.55. The van der Waals surface area contributed by atoms with Crippen LogP contribution in [-0.4, -0.2) is 27.1 Å². The molecule has 1 aliphatic rings. The molecule has 27 heavy (non-hydrogen) atoms. The van der Waals surface area contributed by atoms with Crippen LogP contribution in [0.5, 0.6) is 0 Å². The molecule has 4 N–H and O–H groups in total. The molecule has 0 atom stereocenters. The number of allylic oxidation sites excluding steroid dienone is 1. The van der Waals surface area contributed by atoms with E-state index in [0.29, 0.717) is 12.2 Å². The van der Waals surface area contributed by atoms with Crippen molar-refractivity contribution in [3.8, 4) is 0 Å². The van der Waals surface area contributed by atoms with Crippen LogP contribution in [0.25, 0.3) is 11.6 Å². The van der Waals surface area contributed by atoms with Crippen molar-refractivity contribution >= 4 is 29.3 Å². The Morgan fingerprint density at radius 3 is 2.41 bits per heavy atom. The standard InChI is InChI=1S/C17H18N2.C4H4O4/c1-2-16-10-15(18)11-17(19-16)14-8-7-12-5-3-4-6-13(12)9-14;5-3(6)1-2-4(7)8/h3-6,9-11H,2,7-8H2,1H3,(H2,18,19);1-2H,(H,5,6)(H,7,8). The van der Waals surface area contributed by atoms with Crippen molar-refractivity contribution in [1.29, 1.82) is 0 Å². The van der Waals surface area contributed by atoms with Crippen LogP contribution in [0.1, 0.15) is 35.9 Å². The highest BCUT2D eigenvalue weighted by atomic mass is 16.4. The van der Waals surface area contributed by atoms with Gasteiger partial charge in [-0.1, -0.05) is 31.2 Å². The molecule has 0 bridgehead atoms. The molecule has 0 amide bonds. The zero-order chi connectivity index (χ0) is 19.8. The molecule has 6 heteroatoms. The first kappa shape index (κ1) is 19.9. The second-order valence-electron chi connectivity index (χ2n) is 6.01. The lowest BCUT2D eigenvalue weighted by Crippen LogP contribution is -2.02. The van der Waals surface area contributed by atoms with Gasteiger partial charge >= 0.3 is 11.9 Å². The number of carboxylic acid groups (broad SMARTS) is 2. The van der Waals surface area contributed by atoms with Gasteiger partial charge < -0.3 is 15.9 Å². The van der Waals surface area contributed by atoms with E-state index in [9.17, 15) is 9.59 Å². The number of nitrogens with zero attached hydrogens (tertiary/aromatic N) is 1. The molecule has 1 heterocycles. The first-order chi connectivity index (χ1) is 12.9. The molecule has 0 spiro atoms. The third-order valence-electron chi connectivity index (χ3n) is 4.01. The molecule has 140 valence electrons. The molecule has 3 rings (SSSR count). The average Bonchev–Trinajstić information content (AvgIpc) is 2.66. The fourth-order valence-electron chi connectivity index (χ4n) is 2.73. The second kappa shape index (κ2) is 9.33. The monoisotopic (exact) mass is 366 g/mol. The van der Waals surface area contributed by atoms with Crippen LogP contribution in [0.4, 0.5) is 5.69 Å². The van der Waals surface area contributed by atoms with Crippen molar-refractivity contribution in [2.75, 3.05) is 5.73 Å². The van der Waals surface area contributed by atoms with Gasteiger partial charge in [-0.05, 0) is 54.2 Å². The normalized spacial score (nSPS) is 12.6. The van der Waals surface area contributed by atoms with E-state index >= 15 is 0 Å². The number of pyridine rings is 1. The van der Waals surface area contributed by atoms with Gasteiger partial charge in [-0.15, -0.1) is 0 Å². The Balaban J connectivity index is 0.000000279. The van der Waals surface area contributed by atoms with Gasteiger partial charge in [0.05, 0.1) is 5.69 Å². The summed E-state index contributed by atoms with van der Waals surface area (Å²) in [6.45, 7) is 2.11. The molecule has 2 aromatic rings. The summed E-state index contributed by atoms with van der Waals surface area (Å²) in [4.78, 5) is 23.8. The number of hydrogen-bond donors (Lipinski definition) is 3. The molecule has 1 aromatic heterocycles. The van der Waals surface area contributed by atoms with Crippen LogP contribution < -0.4 is 5.73 Å². The molecule has 0 radical (unpaired) electrons. The number of benzene rings is 1. The predicted octanol–water partition coefficient (Wildman–Crippen LogP) is 3.42. The van der Waals surface area contributed by atoms with E-state index in [1.165, 1.54) is 16.7 Å². The van der Waals surface area contributed by atoms with Crippen LogP contribution in [0.15, 0.2) is 48.6 Å². The third-order valence-corrected chi connectivity index (χ3v) is 4.01. The largest absolute Gasteiger partial charge is 0.478 e. The Bertz CT molecular complexity index is 885. The van der Waals surface area contributed by atoms with E-state index in [4.69, 9.17) is 20.9 Å². The smallest absolute Gasteiger partial charge is 0.328 e. The van der Waals surface area contributed by atoms with E-state index in [1.807, 2.05) is 12.1 Å². The summed E-state index contributed by atoms with van der Waals surface area (Å²) in [5.74, 6) is -2.51. The maximum Gasteiger partial charge on any atom is 0.328 e. The molecule has 6 nitrogen and oxygen atoms in total. The van der Waals surface area contributed by atoms with Gasteiger partial charge in [0.15, 0.2) is 0 Å². The van der Waals surface area contributed by atoms with Gasteiger partial charge in [-0.2, -0.15) is 0 Å². The van der Waals surface area contributed by atoms with Crippen LogP contribution in [-0.2, 0) is 22.4 Å². The lowest BCUT2D eigenvalue weighted by atomic mass is 9.90. The number of rotatable bonds is 4. The molecule has 0 fully saturated rings. The summed E-state index contributed by atoms with van der Waals surface area (Å²) < 4.78 is 0. The summed E-state index contributed by atoms with van der Waals surface area (Å²) in [5, 5.41) is 15.6. The summed E-state index contributed by atoms with van der Waals surface area (Å²) in [6.07, 6.45) is 6.41. The number of carboxylic acids is 2. The van der Waals surface area contributed by atoms with Gasteiger partial charge in [0.2, 0.25) is 0 Å². The van der Waals surface area contributed by atoms with Gasteiger partial charge in [0, 0.05) is 23.5 Å². The number of carbonyl (C=O) groups is 2. The number of aryl methyl sites for hydroxylation is 2. The average molecular weight is 366 g/mol. The first-order valence-corrected chi connectivity index (χ1v) is 8.58. The van der Waals surface area contributed by atoms with E-state index in [1.54, 1.807) is 0 Å². The molecule has 0 unspecified atom stereocenters. The molecular weight excluding hydrogens is 344 g/mol. The Morgan fingerprint density at radius 1 is 1.11 bits per heavy atom. The molecule has 0 aliphatic heterocycles. The van der Waals surface area contributed by atoms with E-state index in [2.05, 4.69) is 37.3 Å². The maximum atomic E-state index is 9.55. The molecule has 0 saturated carbocycles. The predicted molar refractivity (Wildman–Crippen MR) is 105 cm³/mol. The topological polar surface area (TPSA) is 114 Å². The van der Waals surface area contributed by atoms with Crippen molar-refractivity contribution in [1.82, 2.24) is 4.98 Å². The minimum Gasteiger partial charge on any atom is -0.478 e. The van der Waals surface area contributed by atoms with Gasteiger partial charge in [0.25, 0.3) is 0 Å². The summed E-state index contributed by atoms with van der Waals surface area (Å²) in [5.41, 5.74) is 12.9. The summed E-state index contributed by atoms with van der Waals surface area (Å²) in [7, 11) is 0. The highest BCUT2D eigenvalue weighted by Gasteiger charge is 2.13. The van der Waals surface area contributed by atoms with Crippen LogP contribution in [0.2, 0.25) is 0 Å². The third kappa shape index (κ3) is 6.11. The highest BCUT2D eigenvalue weighted by Crippen LogP contribution is 2.30. The zero-order valence-corrected chi connectivity index (χ0v) is 15.1. The van der Waals surface area contributed by atoms with Gasteiger partial charge in [-0.3, -0.25) is 4.98 Å². The minimum absolute atomic E-state index is 0.558. The Kier molecular flexibility index (Phi) is 6.88. The SMILES string of the molecule is CCc1cc(N)cc(C2=Cc3ccccc3CC2)n1.O=C(O)C=CC(=O)O.